The van der Waals surface area contributed by atoms with E-state index in [2.05, 4.69) is 33.0 Å². The molecule has 5 nitrogen and oxygen atoms in total. The van der Waals surface area contributed by atoms with Gasteiger partial charge in [0, 0.05) is 71.9 Å². The standard InChI is InChI=1S/C24H22Cl2N4OS/c25-17-5-8-23-27-18(13-24(31)30(23)14-17)15-28-9-11-29(12-10-28)16-19-6-7-22(32-19)20-3-1-2-4-21(20)26/h1-8,13-14H,9-12,15-16H2. The monoisotopic (exact) mass is 484 g/mol. The predicted molar refractivity (Wildman–Crippen MR) is 132 cm³/mol. The number of halogens is 2. The number of piperazine rings is 1. The summed E-state index contributed by atoms with van der Waals surface area (Å²) in [5, 5.41) is 1.31. The molecule has 0 unspecified atom stereocenters. The Morgan fingerprint density at radius 1 is 0.906 bits per heavy atom. The first-order valence-corrected chi connectivity index (χ1v) is 12.1. The molecule has 164 valence electrons. The number of thiophene rings is 1. The second kappa shape index (κ2) is 9.33. The minimum Gasteiger partial charge on any atom is -0.296 e. The number of hydrogen-bond donors (Lipinski definition) is 0. The molecule has 3 aromatic heterocycles. The number of benzene rings is 1. The molecule has 0 aliphatic carbocycles. The largest absolute Gasteiger partial charge is 0.296 e. The van der Waals surface area contributed by atoms with Gasteiger partial charge in [-0.15, -0.1) is 11.3 Å². The molecule has 1 saturated heterocycles. The quantitative estimate of drug-likeness (QED) is 0.397. The average molecular weight is 485 g/mol. The van der Waals surface area contributed by atoms with Crippen molar-refractivity contribution in [3.63, 3.8) is 0 Å². The van der Waals surface area contributed by atoms with Crippen LogP contribution in [-0.2, 0) is 13.1 Å². The lowest BCUT2D eigenvalue weighted by Gasteiger charge is -2.34. The zero-order valence-corrected chi connectivity index (χ0v) is 19.7. The lowest BCUT2D eigenvalue weighted by atomic mass is 10.2. The van der Waals surface area contributed by atoms with Gasteiger partial charge in [0.25, 0.3) is 5.56 Å². The van der Waals surface area contributed by atoms with Crippen molar-refractivity contribution >= 4 is 40.2 Å². The van der Waals surface area contributed by atoms with Gasteiger partial charge in [0.2, 0.25) is 0 Å². The van der Waals surface area contributed by atoms with Gasteiger partial charge in [0.15, 0.2) is 0 Å². The maximum Gasteiger partial charge on any atom is 0.258 e. The van der Waals surface area contributed by atoms with Crippen LogP contribution in [-0.4, -0.2) is 45.4 Å². The second-order valence-electron chi connectivity index (χ2n) is 7.96. The number of hydrogen-bond acceptors (Lipinski definition) is 5. The molecule has 0 atom stereocenters. The Bertz CT molecular complexity index is 1310. The van der Waals surface area contributed by atoms with Gasteiger partial charge in [0.1, 0.15) is 5.65 Å². The minimum absolute atomic E-state index is 0.0989. The third-order valence-corrected chi connectivity index (χ3v) is 7.36. The van der Waals surface area contributed by atoms with E-state index in [0.717, 1.165) is 49.0 Å². The second-order valence-corrected chi connectivity index (χ2v) is 9.97. The number of fused-ring (bicyclic) bond motifs is 1. The number of rotatable bonds is 5. The molecule has 5 rings (SSSR count). The molecular formula is C24H22Cl2N4OS. The highest BCUT2D eigenvalue weighted by Crippen LogP contribution is 2.33. The van der Waals surface area contributed by atoms with E-state index >= 15 is 0 Å². The number of aromatic nitrogens is 2. The van der Waals surface area contributed by atoms with Crippen molar-refractivity contribution in [2.45, 2.75) is 13.1 Å². The molecule has 4 aromatic rings. The van der Waals surface area contributed by atoms with Crippen LogP contribution in [0.25, 0.3) is 16.1 Å². The molecule has 1 fully saturated rings. The molecule has 0 saturated carbocycles. The van der Waals surface area contributed by atoms with Crippen molar-refractivity contribution in [2.24, 2.45) is 0 Å². The molecule has 0 bridgehead atoms. The Labute approximate surface area is 200 Å². The summed E-state index contributed by atoms with van der Waals surface area (Å²) in [5.74, 6) is 0. The Hall–Kier alpha value is -2.22. The summed E-state index contributed by atoms with van der Waals surface area (Å²) in [6.45, 7) is 5.50. The maximum atomic E-state index is 12.4. The molecule has 0 radical (unpaired) electrons. The van der Waals surface area contributed by atoms with Gasteiger partial charge in [-0.2, -0.15) is 0 Å². The van der Waals surface area contributed by atoms with E-state index in [1.807, 2.05) is 18.2 Å². The molecule has 4 heterocycles. The molecule has 0 N–H and O–H groups in total. The smallest absolute Gasteiger partial charge is 0.258 e. The summed E-state index contributed by atoms with van der Waals surface area (Å²) in [5.41, 5.74) is 2.42. The van der Waals surface area contributed by atoms with Crippen LogP contribution in [0.15, 0.2) is 65.6 Å². The van der Waals surface area contributed by atoms with E-state index in [0.29, 0.717) is 17.2 Å². The summed E-state index contributed by atoms with van der Waals surface area (Å²) in [7, 11) is 0. The highest BCUT2D eigenvalue weighted by atomic mass is 35.5. The Morgan fingerprint density at radius 3 is 2.44 bits per heavy atom. The van der Waals surface area contributed by atoms with E-state index < -0.39 is 0 Å². The van der Waals surface area contributed by atoms with Crippen LogP contribution in [0.3, 0.4) is 0 Å². The Morgan fingerprint density at radius 2 is 1.66 bits per heavy atom. The third kappa shape index (κ3) is 4.75. The lowest BCUT2D eigenvalue weighted by Crippen LogP contribution is -2.45. The highest BCUT2D eigenvalue weighted by Gasteiger charge is 2.19. The van der Waals surface area contributed by atoms with Crippen molar-refractivity contribution in [3.05, 3.63) is 91.8 Å². The maximum absolute atomic E-state index is 12.4. The van der Waals surface area contributed by atoms with E-state index in [1.54, 1.807) is 35.7 Å². The fourth-order valence-corrected chi connectivity index (χ4v) is 5.57. The van der Waals surface area contributed by atoms with E-state index in [-0.39, 0.29) is 5.56 Å². The molecule has 0 spiro atoms. The fourth-order valence-electron chi connectivity index (χ4n) is 4.03. The van der Waals surface area contributed by atoms with Gasteiger partial charge in [-0.05, 0) is 30.3 Å². The molecule has 1 aromatic carbocycles. The first-order chi connectivity index (χ1) is 15.5. The van der Waals surface area contributed by atoms with Crippen LogP contribution in [0.1, 0.15) is 10.6 Å². The van der Waals surface area contributed by atoms with Gasteiger partial charge in [0.05, 0.1) is 10.7 Å². The molecule has 32 heavy (non-hydrogen) atoms. The average Bonchev–Trinajstić information content (AvgIpc) is 3.24. The molecule has 1 aliphatic heterocycles. The molecule has 0 amide bonds. The first-order valence-electron chi connectivity index (χ1n) is 10.5. The van der Waals surface area contributed by atoms with Crippen LogP contribution < -0.4 is 5.56 Å². The van der Waals surface area contributed by atoms with Crippen LogP contribution >= 0.6 is 34.5 Å². The molecule has 8 heteroatoms. The normalized spacial score (nSPS) is 15.4. The minimum atomic E-state index is -0.0989. The van der Waals surface area contributed by atoms with Crippen LogP contribution in [0.2, 0.25) is 10.0 Å². The van der Waals surface area contributed by atoms with Crippen molar-refractivity contribution in [1.82, 2.24) is 19.2 Å². The number of nitrogens with zero attached hydrogens (tertiary/aromatic N) is 4. The summed E-state index contributed by atoms with van der Waals surface area (Å²) >= 11 is 14.1. The van der Waals surface area contributed by atoms with E-state index in [9.17, 15) is 4.79 Å². The summed E-state index contributed by atoms with van der Waals surface area (Å²) in [6.07, 6.45) is 1.61. The predicted octanol–water partition coefficient (Wildman–Crippen LogP) is 5.05. The number of pyridine rings is 1. The molecule has 1 aliphatic rings. The lowest BCUT2D eigenvalue weighted by molar-refractivity contribution is 0.122. The highest BCUT2D eigenvalue weighted by molar-refractivity contribution is 7.15. The van der Waals surface area contributed by atoms with Gasteiger partial charge >= 0.3 is 0 Å². The summed E-state index contributed by atoms with van der Waals surface area (Å²) in [4.78, 5) is 24.4. The van der Waals surface area contributed by atoms with Crippen molar-refractivity contribution in [3.8, 4) is 10.4 Å². The van der Waals surface area contributed by atoms with Crippen LogP contribution in [0.5, 0.6) is 0 Å². The summed E-state index contributed by atoms with van der Waals surface area (Å²) in [6, 6.07) is 17.5. The van der Waals surface area contributed by atoms with E-state index in [1.165, 1.54) is 14.2 Å². The Kier molecular flexibility index (Phi) is 6.31. The van der Waals surface area contributed by atoms with Crippen molar-refractivity contribution in [2.75, 3.05) is 26.2 Å². The SMILES string of the molecule is O=c1cc(CN2CCN(Cc3ccc(-c4ccccc4Cl)s3)CC2)nc2ccc(Cl)cn12. The van der Waals surface area contributed by atoms with Gasteiger partial charge < -0.3 is 0 Å². The van der Waals surface area contributed by atoms with Gasteiger partial charge in [-0.25, -0.2) is 4.98 Å². The first kappa shape index (κ1) is 21.6. The van der Waals surface area contributed by atoms with Gasteiger partial charge in [-0.3, -0.25) is 19.0 Å². The van der Waals surface area contributed by atoms with Crippen molar-refractivity contribution < 1.29 is 0 Å². The van der Waals surface area contributed by atoms with Crippen LogP contribution in [0.4, 0.5) is 0 Å². The Balaban J connectivity index is 1.19. The van der Waals surface area contributed by atoms with Crippen LogP contribution in [0, 0.1) is 0 Å². The molecular weight excluding hydrogens is 463 g/mol. The van der Waals surface area contributed by atoms with Crippen molar-refractivity contribution in [1.29, 1.82) is 0 Å². The summed E-state index contributed by atoms with van der Waals surface area (Å²) < 4.78 is 1.49. The fraction of sp³-hybridized carbons (Fsp3) is 0.250. The van der Waals surface area contributed by atoms with E-state index in [4.69, 9.17) is 23.2 Å². The zero-order chi connectivity index (χ0) is 22.1. The third-order valence-electron chi connectivity index (χ3n) is 5.71. The topological polar surface area (TPSA) is 40.9 Å². The zero-order valence-electron chi connectivity index (χ0n) is 17.4. The van der Waals surface area contributed by atoms with Gasteiger partial charge in [-0.1, -0.05) is 41.4 Å².